The van der Waals surface area contributed by atoms with E-state index in [1.807, 2.05) is 85.1 Å². The van der Waals surface area contributed by atoms with Crippen molar-refractivity contribution in [3.63, 3.8) is 0 Å². The fourth-order valence-electron chi connectivity index (χ4n) is 4.33. The molecule has 0 radical (unpaired) electrons. The first kappa shape index (κ1) is 21.9. The van der Waals surface area contributed by atoms with Crippen LogP contribution in [0.15, 0.2) is 103 Å². The second kappa shape index (κ2) is 9.94. The van der Waals surface area contributed by atoms with Gasteiger partial charge in [-0.2, -0.15) is 0 Å². The zero-order chi connectivity index (χ0) is 23.3. The number of H-pyrrole nitrogens is 1. The van der Waals surface area contributed by atoms with E-state index in [4.69, 9.17) is 16.6 Å². The number of amides is 1. The normalized spacial score (nSPS) is 11.9. The first-order valence-electron chi connectivity index (χ1n) is 11.3. The highest BCUT2D eigenvalue weighted by Crippen LogP contribution is 2.30. The molecule has 5 rings (SSSR count). The van der Waals surface area contributed by atoms with E-state index in [0.717, 1.165) is 38.9 Å². The van der Waals surface area contributed by atoms with E-state index < -0.39 is 0 Å². The summed E-state index contributed by atoms with van der Waals surface area (Å²) >= 11 is 6.11. The molecule has 5 aromatic rings. The van der Waals surface area contributed by atoms with Crippen molar-refractivity contribution in [2.24, 2.45) is 0 Å². The number of carbonyl (C=O) groups excluding carboxylic acids is 1. The number of benzene rings is 3. The smallest absolute Gasteiger partial charge is 0.225 e. The molecule has 0 bridgehead atoms. The number of hydrogen-bond donors (Lipinski definition) is 2. The van der Waals surface area contributed by atoms with Crippen molar-refractivity contribution in [3.05, 3.63) is 125 Å². The van der Waals surface area contributed by atoms with E-state index in [9.17, 15) is 4.79 Å². The summed E-state index contributed by atoms with van der Waals surface area (Å²) in [7, 11) is 0. The van der Waals surface area contributed by atoms with Crippen molar-refractivity contribution in [2.45, 2.75) is 18.9 Å². The Kier molecular flexibility index (Phi) is 6.41. The Morgan fingerprint density at radius 3 is 2.50 bits per heavy atom. The Balaban J connectivity index is 1.47. The van der Waals surface area contributed by atoms with Crippen molar-refractivity contribution in [1.29, 1.82) is 0 Å². The van der Waals surface area contributed by atoms with Gasteiger partial charge in [0.05, 0.1) is 18.2 Å². The quantitative estimate of drug-likeness (QED) is 0.287. The maximum Gasteiger partial charge on any atom is 0.225 e. The monoisotopic (exact) mass is 465 g/mol. The predicted octanol–water partition coefficient (Wildman–Crippen LogP) is 6.53. The van der Waals surface area contributed by atoms with Gasteiger partial charge in [0.1, 0.15) is 0 Å². The molecule has 1 atom stereocenters. The van der Waals surface area contributed by atoms with Crippen LogP contribution >= 0.6 is 11.6 Å². The Bertz CT molecular complexity index is 1410. The number of nitrogens with zero attached hydrogens (tertiary/aromatic N) is 1. The summed E-state index contributed by atoms with van der Waals surface area (Å²) in [5.41, 5.74) is 5.96. The molecule has 2 N–H and O–H groups in total. The van der Waals surface area contributed by atoms with Gasteiger partial charge in [-0.05, 0) is 47.4 Å². The Labute approximate surface area is 203 Å². The number of carbonyl (C=O) groups is 1. The lowest BCUT2D eigenvalue weighted by molar-refractivity contribution is -0.121. The molecule has 4 nitrogen and oxygen atoms in total. The number of para-hydroxylation sites is 1. The molecule has 0 saturated carbocycles. The van der Waals surface area contributed by atoms with Crippen LogP contribution in [0.3, 0.4) is 0 Å². The minimum absolute atomic E-state index is 0.0432. The number of aromatic amines is 1. The average molecular weight is 466 g/mol. The van der Waals surface area contributed by atoms with Crippen molar-refractivity contribution in [2.75, 3.05) is 0 Å². The van der Waals surface area contributed by atoms with Crippen molar-refractivity contribution < 1.29 is 4.79 Å². The van der Waals surface area contributed by atoms with Crippen LogP contribution in [0.5, 0.6) is 0 Å². The third-order valence-corrected chi connectivity index (χ3v) is 6.22. The summed E-state index contributed by atoms with van der Waals surface area (Å²) in [4.78, 5) is 21.2. The van der Waals surface area contributed by atoms with Gasteiger partial charge >= 0.3 is 0 Å². The van der Waals surface area contributed by atoms with E-state index >= 15 is 0 Å². The summed E-state index contributed by atoms with van der Waals surface area (Å²) in [6.45, 7) is 0. The zero-order valence-electron chi connectivity index (χ0n) is 18.5. The molecule has 34 heavy (non-hydrogen) atoms. The minimum atomic E-state index is -0.285. The molecule has 0 aliphatic carbocycles. The van der Waals surface area contributed by atoms with Crippen LogP contribution in [-0.4, -0.2) is 15.9 Å². The molecule has 0 saturated heterocycles. The number of nitrogens with one attached hydrogen (secondary N) is 2. The molecule has 0 aliphatic heterocycles. The predicted molar refractivity (Wildman–Crippen MR) is 138 cm³/mol. The molecule has 168 valence electrons. The largest absolute Gasteiger partial charge is 0.361 e. The molecule has 0 unspecified atom stereocenters. The molecule has 0 fully saturated rings. The van der Waals surface area contributed by atoms with Gasteiger partial charge in [-0.3, -0.25) is 9.78 Å². The van der Waals surface area contributed by atoms with Crippen molar-refractivity contribution in [1.82, 2.24) is 15.3 Å². The molecule has 2 heterocycles. The molecular formula is C29H24ClN3O. The van der Waals surface area contributed by atoms with Gasteiger partial charge in [0, 0.05) is 33.9 Å². The van der Waals surface area contributed by atoms with Gasteiger partial charge in [-0.1, -0.05) is 78.3 Å². The Morgan fingerprint density at radius 1 is 0.912 bits per heavy atom. The highest BCUT2D eigenvalue weighted by molar-refractivity contribution is 6.30. The maximum absolute atomic E-state index is 13.3. The van der Waals surface area contributed by atoms with Crippen LogP contribution in [0.4, 0.5) is 0 Å². The van der Waals surface area contributed by atoms with E-state index in [2.05, 4.69) is 22.4 Å². The number of rotatable bonds is 7. The highest BCUT2D eigenvalue weighted by atomic mass is 35.5. The Morgan fingerprint density at radius 2 is 1.68 bits per heavy atom. The van der Waals surface area contributed by atoms with Gasteiger partial charge < -0.3 is 10.3 Å². The molecule has 1 amide bonds. The van der Waals surface area contributed by atoms with Gasteiger partial charge in [-0.15, -0.1) is 0 Å². The lowest BCUT2D eigenvalue weighted by atomic mass is 9.95. The number of aromatic nitrogens is 2. The summed E-state index contributed by atoms with van der Waals surface area (Å²) in [5, 5.41) is 5.01. The van der Waals surface area contributed by atoms with Gasteiger partial charge in [-0.25, -0.2) is 0 Å². The fourth-order valence-corrected chi connectivity index (χ4v) is 4.46. The number of fused-ring (bicyclic) bond motifs is 1. The molecule has 3 aromatic carbocycles. The van der Waals surface area contributed by atoms with Crippen LogP contribution < -0.4 is 5.32 Å². The van der Waals surface area contributed by atoms with Crippen LogP contribution in [0, 0.1) is 0 Å². The van der Waals surface area contributed by atoms with Gasteiger partial charge in [0.25, 0.3) is 0 Å². The second-order valence-corrected chi connectivity index (χ2v) is 8.73. The SMILES string of the molecule is O=C(Cc1c[nH]c2ccccc12)N[C@@H](Cc1ccccc1)c1ncccc1-c1ccc(Cl)cc1. The van der Waals surface area contributed by atoms with E-state index in [1.54, 1.807) is 6.20 Å². The van der Waals surface area contributed by atoms with Crippen LogP contribution in [0.25, 0.3) is 22.0 Å². The van der Waals surface area contributed by atoms with Crippen LogP contribution in [0.2, 0.25) is 5.02 Å². The maximum atomic E-state index is 13.3. The van der Waals surface area contributed by atoms with Crippen molar-refractivity contribution in [3.8, 4) is 11.1 Å². The Hall–Kier alpha value is -3.89. The number of hydrogen-bond acceptors (Lipinski definition) is 2. The van der Waals surface area contributed by atoms with Crippen molar-refractivity contribution >= 4 is 28.4 Å². The summed E-state index contributed by atoms with van der Waals surface area (Å²) in [5.74, 6) is -0.0432. The molecule has 0 spiro atoms. The summed E-state index contributed by atoms with van der Waals surface area (Å²) in [6, 6.07) is 29.6. The number of pyridine rings is 1. The van der Waals surface area contributed by atoms with Gasteiger partial charge in [0.2, 0.25) is 5.91 Å². The first-order chi connectivity index (χ1) is 16.7. The van der Waals surface area contributed by atoms with E-state index in [0.29, 0.717) is 17.9 Å². The summed E-state index contributed by atoms with van der Waals surface area (Å²) < 4.78 is 0. The first-order valence-corrected chi connectivity index (χ1v) is 11.6. The lowest BCUT2D eigenvalue weighted by Gasteiger charge is -2.21. The fraction of sp³-hybridized carbons (Fsp3) is 0.103. The molecular weight excluding hydrogens is 442 g/mol. The standard InChI is InChI=1S/C29H24ClN3O/c30-23-14-12-21(13-15-23)25-10-6-16-31-29(25)27(17-20-7-2-1-3-8-20)33-28(34)18-22-19-32-26-11-5-4-9-24(22)26/h1-16,19,27,32H,17-18H2,(H,33,34)/t27-/m0/s1. The van der Waals surface area contributed by atoms with E-state index in [1.165, 1.54) is 0 Å². The highest BCUT2D eigenvalue weighted by Gasteiger charge is 2.21. The summed E-state index contributed by atoms with van der Waals surface area (Å²) in [6.07, 6.45) is 4.62. The van der Waals surface area contributed by atoms with Crippen LogP contribution in [-0.2, 0) is 17.6 Å². The lowest BCUT2D eigenvalue weighted by Crippen LogP contribution is -2.32. The molecule has 2 aromatic heterocycles. The molecule has 5 heteroatoms. The molecule has 0 aliphatic rings. The zero-order valence-corrected chi connectivity index (χ0v) is 19.3. The van der Waals surface area contributed by atoms with Crippen LogP contribution in [0.1, 0.15) is 22.9 Å². The third kappa shape index (κ3) is 4.87. The number of halogens is 1. The van der Waals surface area contributed by atoms with Gasteiger partial charge in [0.15, 0.2) is 0 Å². The minimum Gasteiger partial charge on any atom is -0.361 e. The average Bonchev–Trinajstić information content (AvgIpc) is 3.27. The second-order valence-electron chi connectivity index (χ2n) is 8.29. The third-order valence-electron chi connectivity index (χ3n) is 5.97. The van der Waals surface area contributed by atoms with E-state index in [-0.39, 0.29) is 11.9 Å². The topological polar surface area (TPSA) is 57.8 Å².